The van der Waals surface area contributed by atoms with Crippen LogP contribution in [0.2, 0.25) is 0 Å². The lowest BCUT2D eigenvalue weighted by Crippen LogP contribution is -2.46. The predicted octanol–water partition coefficient (Wildman–Crippen LogP) is 2.47. The second-order valence-electron chi connectivity index (χ2n) is 6.81. The molecule has 0 atom stereocenters. The summed E-state index contributed by atoms with van der Waals surface area (Å²) in [6.45, 7) is 9.30. The quantitative estimate of drug-likeness (QED) is 0.877. The van der Waals surface area contributed by atoms with Crippen LogP contribution in [0.25, 0.3) is 0 Å². The Kier molecular flexibility index (Phi) is 4.78. The Labute approximate surface area is 132 Å². The molecule has 1 amide bonds. The van der Waals surface area contributed by atoms with Gasteiger partial charge in [-0.3, -0.25) is 0 Å². The van der Waals surface area contributed by atoms with Crippen LogP contribution in [0.1, 0.15) is 39.2 Å². The lowest BCUT2D eigenvalue weighted by atomic mass is 10.1. The van der Waals surface area contributed by atoms with E-state index in [0.717, 1.165) is 37.3 Å². The zero-order valence-corrected chi connectivity index (χ0v) is 13.8. The van der Waals surface area contributed by atoms with Crippen molar-refractivity contribution in [2.24, 2.45) is 0 Å². The van der Waals surface area contributed by atoms with Crippen molar-refractivity contribution in [1.29, 1.82) is 0 Å². The molecule has 6 heteroatoms. The zero-order chi connectivity index (χ0) is 16.3. The van der Waals surface area contributed by atoms with Gasteiger partial charge in [0.2, 0.25) is 0 Å². The molecule has 1 fully saturated rings. The molecular formula is C16H26N4O2. The topological polar surface area (TPSA) is 80.5 Å². The van der Waals surface area contributed by atoms with Crippen molar-refractivity contribution in [3.05, 3.63) is 17.8 Å². The molecule has 1 saturated heterocycles. The number of nitrogen functional groups attached to an aromatic ring is 1. The molecule has 1 aromatic heterocycles. The van der Waals surface area contributed by atoms with E-state index in [2.05, 4.69) is 15.2 Å². The maximum atomic E-state index is 11.8. The third-order valence-electron chi connectivity index (χ3n) is 3.68. The first-order chi connectivity index (χ1) is 10.2. The van der Waals surface area contributed by atoms with Crippen LogP contribution in [0.15, 0.2) is 12.3 Å². The fourth-order valence-corrected chi connectivity index (χ4v) is 2.45. The molecule has 1 aromatic rings. The molecule has 0 saturated carbocycles. The highest BCUT2D eigenvalue weighted by Crippen LogP contribution is 2.21. The minimum Gasteiger partial charge on any atom is -0.444 e. The number of hydrogen-bond acceptors (Lipinski definition) is 5. The molecule has 6 nitrogen and oxygen atoms in total. The van der Waals surface area contributed by atoms with Gasteiger partial charge in [-0.2, -0.15) is 0 Å². The predicted molar refractivity (Wildman–Crippen MR) is 88.0 cm³/mol. The Bertz CT molecular complexity index is 531. The summed E-state index contributed by atoms with van der Waals surface area (Å²) in [6, 6.07) is 2.16. The summed E-state index contributed by atoms with van der Waals surface area (Å²) in [5, 5.41) is 2.94. The number of piperidine rings is 1. The van der Waals surface area contributed by atoms with Crippen LogP contribution >= 0.6 is 0 Å². The molecule has 0 radical (unpaired) electrons. The van der Waals surface area contributed by atoms with Crippen molar-refractivity contribution < 1.29 is 9.53 Å². The van der Waals surface area contributed by atoms with Crippen LogP contribution in [0.5, 0.6) is 0 Å². The third kappa shape index (κ3) is 4.51. The van der Waals surface area contributed by atoms with Crippen molar-refractivity contribution in [2.45, 2.75) is 52.2 Å². The van der Waals surface area contributed by atoms with Gasteiger partial charge in [-0.25, -0.2) is 9.78 Å². The number of nitrogens with one attached hydrogen (secondary N) is 1. The van der Waals surface area contributed by atoms with Crippen LogP contribution in [-0.4, -0.2) is 35.8 Å². The highest BCUT2D eigenvalue weighted by atomic mass is 16.6. The minimum atomic E-state index is -0.462. The van der Waals surface area contributed by atoms with Gasteiger partial charge in [0.1, 0.15) is 11.4 Å². The number of hydrogen-bond donors (Lipinski definition) is 2. The molecule has 2 rings (SSSR count). The average molecular weight is 306 g/mol. The Morgan fingerprint density at radius 2 is 2.05 bits per heavy atom. The van der Waals surface area contributed by atoms with Gasteiger partial charge in [-0.15, -0.1) is 0 Å². The second kappa shape index (κ2) is 6.42. The molecule has 1 aliphatic rings. The SMILES string of the molecule is Cc1cc(N2CCC(NC(=O)OC(C)(C)C)CC2)ncc1N. The Balaban J connectivity index is 1.85. The molecular weight excluding hydrogens is 280 g/mol. The molecule has 22 heavy (non-hydrogen) atoms. The van der Waals surface area contributed by atoms with Gasteiger partial charge in [0.05, 0.1) is 11.9 Å². The number of amides is 1. The van der Waals surface area contributed by atoms with Gasteiger partial charge in [0.15, 0.2) is 0 Å². The highest BCUT2D eigenvalue weighted by molar-refractivity contribution is 5.68. The van der Waals surface area contributed by atoms with E-state index in [0.29, 0.717) is 5.69 Å². The number of rotatable bonds is 2. The van der Waals surface area contributed by atoms with Gasteiger partial charge in [0, 0.05) is 19.1 Å². The van der Waals surface area contributed by atoms with Crippen molar-refractivity contribution in [3.8, 4) is 0 Å². The van der Waals surface area contributed by atoms with Crippen molar-refractivity contribution >= 4 is 17.6 Å². The second-order valence-corrected chi connectivity index (χ2v) is 6.81. The van der Waals surface area contributed by atoms with E-state index in [1.807, 2.05) is 33.8 Å². The first-order valence-corrected chi connectivity index (χ1v) is 7.71. The Hall–Kier alpha value is -1.98. The number of aromatic nitrogens is 1. The van der Waals surface area contributed by atoms with Gasteiger partial charge >= 0.3 is 6.09 Å². The number of alkyl carbamates (subject to hydrolysis) is 1. The highest BCUT2D eigenvalue weighted by Gasteiger charge is 2.24. The molecule has 0 aromatic carbocycles. The molecule has 0 spiro atoms. The molecule has 0 aliphatic carbocycles. The summed E-state index contributed by atoms with van der Waals surface area (Å²) >= 11 is 0. The molecule has 0 unspecified atom stereocenters. The van der Waals surface area contributed by atoms with Crippen molar-refractivity contribution in [2.75, 3.05) is 23.7 Å². The van der Waals surface area contributed by atoms with Crippen LogP contribution in [-0.2, 0) is 4.74 Å². The lowest BCUT2D eigenvalue weighted by Gasteiger charge is -2.33. The molecule has 2 heterocycles. The smallest absolute Gasteiger partial charge is 0.407 e. The number of aryl methyl sites for hydroxylation is 1. The summed E-state index contributed by atoms with van der Waals surface area (Å²) < 4.78 is 5.29. The lowest BCUT2D eigenvalue weighted by molar-refractivity contribution is 0.0497. The Morgan fingerprint density at radius 3 is 2.59 bits per heavy atom. The standard InChI is InChI=1S/C16H26N4O2/c1-11-9-14(18-10-13(11)17)20-7-5-12(6-8-20)19-15(21)22-16(2,3)4/h9-10,12H,5-8,17H2,1-4H3,(H,19,21). The van der Waals surface area contributed by atoms with E-state index in [1.165, 1.54) is 0 Å². The number of pyridine rings is 1. The summed E-state index contributed by atoms with van der Waals surface area (Å²) in [4.78, 5) is 18.4. The summed E-state index contributed by atoms with van der Waals surface area (Å²) in [5.74, 6) is 0.947. The maximum Gasteiger partial charge on any atom is 0.407 e. The summed E-state index contributed by atoms with van der Waals surface area (Å²) in [7, 11) is 0. The van der Waals surface area contributed by atoms with Crippen molar-refractivity contribution in [1.82, 2.24) is 10.3 Å². The fraction of sp³-hybridized carbons (Fsp3) is 0.625. The van der Waals surface area contributed by atoms with Gasteiger partial charge < -0.3 is 20.7 Å². The zero-order valence-electron chi connectivity index (χ0n) is 13.8. The number of carbonyl (C=O) groups excluding carboxylic acids is 1. The first-order valence-electron chi connectivity index (χ1n) is 7.71. The van der Waals surface area contributed by atoms with E-state index < -0.39 is 5.60 Å². The van der Waals surface area contributed by atoms with Crippen LogP contribution in [0, 0.1) is 6.92 Å². The van der Waals surface area contributed by atoms with Gasteiger partial charge in [-0.1, -0.05) is 0 Å². The van der Waals surface area contributed by atoms with E-state index in [-0.39, 0.29) is 12.1 Å². The van der Waals surface area contributed by atoms with E-state index >= 15 is 0 Å². The molecule has 3 N–H and O–H groups in total. The van der Waals surface area contributed by atoms with E-state index in [9.17, 15) is 4.79 Å². The number of nitrogens with zero attached hydrogens (tertiary/aromatic N) is 2. The van der Waals surface area contributed by atoms with Crippen molar-refractivity contribution in [3.63, 3.8) is 0 Å². The van der Waals surface area contributed by atoms with Crippen LogP contribution in [0.4, 0.5) is 16.3 Å². The van der Waals surface area contributed by atoms with Crippen LogP contribution < -0.4 is 16.0 Å². The number of carbonyl (C=O) groups is 1. The van der Waals surface area contributed by atoms with Gasteiger partial charge in [-0.05, 0) is 52.2 Å². The number of ether oxygens (including phenoxy) is 1. The fourth-order valence-electron chi connectivity index (χ4n) is 2.45. The van der Waals surface area contributed by atoms with E-state index in [4.69, 9.17) is 10.5 Å². The van der Waals surface area contributed by atoms with E-state index in [1.54, 1.807) is 6.20 Å². The molecule has 122 valence electrons. The minimum absolute atomic E-state index is 0.154. The normalized spacial score (nSPS) is 16.5. The number of nitrogens with two attached hydrogens (primary N) is 1. The Morgan fingerprint density at radius 1 is 1.41 bits per heavy atom. The third-order valence-corrected chi connectivity index (χ3v) is 3.68. The number of anilines is 2. The molecule has 1 aliphatic heterocycles. The maximum absolute atomic E-state index is 11.8. The average Bonchev–Trinajstić information content (AvgIpc) is 2.40. The summed E-state index contributed by atoms with van der Waals surface area (Å²) in [6.07, 6.45) is 3.12. The first kappa shape index (κ1) is 16.4. The molecule has 0 bridgehead atoms. The largest absolute Gasteiger partial charge is 0.444 e. The van der Waals surface area contributed by atoms with Crippen LogP contribution in [0.3, 0.4) is 0 Å². The van der Waals surface area contributed by atoms with Gasteiger partial charge in [0.25, 0.3) is 0 Å². The monoisotopic (exact) mass is 306 g/mol. The summed E-state index contributed by atoms with van der Waals surface area (Å²) in [5.41, 5.74) is 7.09.